The van der Waals surface area contributed by atoms with Gasteiger partial charge in [0.1, 0.15) is 23.2 Å². The second kappa shape index (κ2) is 21.5. The van der Waals surface area contributed by atoms with Crippen molar-refractivity contribution < 1.29 is 52.1 Å². The number of piperazine rings is 1. The molecular weight excluding hydrogens is 896 g/mol. The third-order valence-electron chi connectivity index (χ3n) is 12.3. The van der Waals surface area contributed by atoms with Gasteiger partial charge < -0.3 is 39.9 Å². The maximum Gasteiger partial charge on any atom is 0.264 e. The maximum absolute atomic E-state index is 16.8. The molecule has 2 saturated heterocycles. The van der Waals surface area contributed by atoms with Crippen molar-refractivity contribution in [1.82, 2.24) is 30.0 Å². The van der Waals surface area contributed by atoms with Crippen molar-refractivity contribution in [2.24, 2.45) is 11.8 Å². The number of benzene rings is 2. The summed E-state index contributed by atoms with van der Waals surface area (Å²) in [4.78, 5) is 90.9. The van der Waals surface area contributed by atoms with Crippen LogP contribution in [-0.4, -0.2) is 157 Å². The van der Waals surface area contributed by atoms with E-state index in [1.54, 1.807) is 37.1 Å². The molecule has 2 fully saturated rings. The number of hydrogen-bond acceptors (Lipinski definition) is 14. The third kappa shape index (κ3) is 10.5. The zero-order chi connectivity index (χ0) is 47.9. The Bertz CT molecular complexity index is 2530. The summed E-state index contributed by atoms with van der Waals surface area (Å²) >= 11 is 6.72. The SMILES string of the molecule is C=CC(=O)N1CCN(c2nc(NCCC(=O)N(C)CCOCCOCCNc3cccc4c3C(=O)N(C3CCC(=O)NC3=O)C4=O)nc3c(F)c(C4=C(F)C=C[C@@H](CO)[C@@H]4C)c(Cl)cc23)CC1. The van der Waals surface area contributed by atoms with Gasteiger partial charge in [0.05, 0.1) is 42.6 Å². The highest BCUT2D eigenvalue weighted by atomic mass is 35.5. The number of aromatic nitrogens is 2. The average molecular weight is 948 g/mol. The lowest BCUT2D eigenvalue weighted by atomic mass is 9.80. The topological polar surface area (TPSA) is 216 Å². The summed E-state index contributed by atoms with van der Waals surface area (Å²) in [5.74, 6) is -4.96. The van der Waals surface area contributed by atoms with Gasteiger partial charge in [-0.15, -0.1) is 0 Å². The zero-order valence-corrected chi connectivity index (χ0v) is 37.9. The Balaban J connectivity index is 0.887. The predicted molar refractivity (Wildman–Crippen MR) is 244 cm³/mol. The number of rotatable bonds is 19. The number of amides is 6. The number of likely N-dealkylation sites (N-methyl/N-ethyl adjacent to an activating group) is 1. The van der Waals surface area contributed by atoms with Crippen molar-refractivity contribution in [1.29, 1.82) is 0 Å². The summed E-state index contributed by atoms with van der Waals surface area (Å²) in [6, 6.07) is 5.25. The van der Waals surface area contributed by atoms with Crippen LogP contribution in [0.1, 0.15) is 52.5 Å². The van der Waals surface area contributed by atoms with Crippen molar-refractivity contribution in [3.63, 3.8) is 0 Å². The molecule has 0 radical (unpaired) electrons. The Labute approximate surface area is 390 Å². The van der Waals surface area contributed by atoms with Crippen LogP contribution in [0.4, 0.5) is 26.2 Å². The first kappa shape index (κ1) is 48.6. The molecular formula is C46H52ClF2N9O9. The van der Waals surface area contributed by atoms with Gasteiger partial charge in [-0.25, -0.2) is 13.8 Å². The quantitative estimate of drug-likeness (QED) is 0.0769. The lowest BCUT2D eigenvalue weighted by Crippen LogP contribution is -2.54. The highest BCUT2D eigenvalue weighted by Crippen LogP contribution is 2.44. The molecule has 21 heteroatoms. The summed E-state index contributed by atoms with van der Waals surface area (Å²) in [5.41, 5.74) is 0.487. The number of nitrogens with zero attached hydrogens (tertiary/aromatic N) is 6. The van der Waals surface area contributed by atoms with E-state index in [-0.39, 0.29) is 121 Å². The maximum atomic E-state index is 16.8. The normalized spacial score (nSPS) is 19.6. The van der Waals surface area contributed by atoms with Crippen LogP contribution in [0, 0.1) is 17.7 Å². The van der Waals surface area contributed by atoms with E-state index in [1.807, 2.05) is 4.90 Å². The second-order valence-corrected chi connectivity index (χ2v) is 16.8. The molecule has 1 aromatic heterocycles. The summed E-state index contributed by atoms with van der Waals surface area (Å²) in [6.07, 6.45) is 4.11. The van der Waals surface area contributed by atoms with Crippen LogP contribution in [0.5, 0.6) is 0 Å². The zero-order valence-electron chi connectivity index (χ0n) is 37.1. The summed E-state index contributed by atoms with van der Waals surface area (Å²) in [6.45, 7) is 8.05. The average Bonchev–Trinajstić information content (AvgIpc) is 3.57. The summed E-state index contributed by atoms with van der Waals surface area (Å²) in [5, 5.41) is 18.5. The molecule has 4 aliphatic rings. The van der Waals surface area contributed by atoms with E-state index in [0.29, 0.717) is 44.2 Å². The largest absolute Gasteiger partial charge is 0.396 e. The minimum atomic E-state index is -1.06. The Morgan fingerprint density at radius 3 is 2.48 bits per heavy atom. The smallest absolute Gasteiger partial charge is 0.264 e. The van der Waals surface area contributed by atoms with Gasteiger partial charge in [0.2, 0.25) is 29.6 Å². The van der Waals surface area contributed by atoms with Crippen molar-refractivity contribution >= 4 is 81.0 Å². The Hall–Kier alpha value is -6.35. The van der Waals surface area contributed by atoms with Crippen molar-refractivity contribution in [2.45, 2.75) is 32.2 Å². The molecule has 6 amide bonds. The number of fused-ring (bicyclic) bond motifs is 2. The number of piperidine rings is 1. The van der Waals surface area contributed by atoms with Crippen LogP contribution in [0.15, 0.2) is 54.9 Å². The van der Waals surface area contributed by atoms with Gasteiger partial charge in [0, 0.05) is 100 Å². The number of imide groups is 2. The minimum Gasteiger partial charge on any atom is -0.396 e. The highest BCUT2D eigenvalue weighted by Gasteiger charge is 2.45. The van der Waals surface area contributed by atoms with E-state index in [9.17, 15) is 33.9 Å². The fourth-order valence-electron chi connectivity index (χ4n) is 8.52. The van der Waals surface area contributed by atoms with Gasteiger partial charge in [0.15, 0.2) is 5.82 Å². The summed E-state index contributed by atoms with van der Waals surface area (Å²) < 4.78 is 43.5. The van der Waals surface area contributed by atoms with Gasteiger partial charge in [-0.1, -0.05) is 37.2 Å². The number of carbonyl (C=O) groups is 6. The molecule has 1 aliphatic carbocycles. The van der Waals surface area contributed by atoms with Crippen LogP contribution < -0.4 is 20.9 Å². The molecule has 7 rings (SSSR count). The number of halogens is 3. The molecule has 67 heavy (non-hydrogen) atoms. The number of ether oxygens (including phenoxy) is 2. The fourth-order valence-corrected chi connectivity index (χ4v) is 8.81. The molecule has 3 aromatic rings. The molecule has 2 aromatic carbocycles. The standard InChI is InChI=1S/C46H52ClF2N9O9/c1-4-35(61)56-15-17-57(18-16-56)42-29-24-30(47)39(37-26(2)27(25-59)8-9-31(37)48)40(49)41(29)53-46(54-42)51-13-12-36(62)55(3)19-21-67-23-22-66-20-14-50-32-7-5-6-28-38(32)45(65)58(44(28)64)33-10-11-34(60)52-43(33)63/h4-9,24,26-27,33,50,59H,1,10-23,25H2,2-3H3,(H,51,53,54)(H,52,60,63)/t26-,27-,33?/m0/s1. The number of carbonyl (C=O) groups excluding carboxylic acids is 6. The Morgan fingerprint density at radius 1 is 1.01 bits per heavy atom. The molecule has 1 unspecified atom stereocenters. The first-order chi connectivity index (χ1) is 32.2. The first-order valence-corrected chi connectivity index (χ1v) is 22.4. The number of aliphatic hydroxyl groups excluding tert-OH is 1. The Morgan fingerprint density at radius 2 is 1.76 bits per heavy atom. The fraction of sp³-hybridized carbons (Fsp3) is 0.435. The summed E-state index contributed by atoms with van der Waals surface area (Å²) in [7, 11) is 1.63. The van der Waals surface area contributed by atoms with Crippen molar-refractivity contribution in [2.75, 3.05) is 101 Å². The number of allylic oxidation sites excluding steroid dienone is 3. The van der Waals surface area contributed by atoms with E-state index in [2.05, 4.69) is 27.5 Å². The lowest BCUT2D eigenvalue weighted by Gasteiger charge is -2.35. The molecule has 18 nitrogen and oxygen atoms in total. The van der Waals surface area contributed by atoms with Gasteiger partial charge >= 0.3 is 0 Å². The molecule has 3 atom stereocenters. The molecule has 0 spiro atoms. The molecule has 3 aliphatic heterocycles. The number of aliphatic hydroxyl groups is 1. The van der Waals surface area contributed by atoms with Crippen LogP contribution in [0.2, 0.25) is 5.02 Å². The lowest BCUT2D eigenvalue weighted by molar-refractivity contribution is -0.136. The second-order valence-electron chi connectivity index (χ2n) is 16.4. The molecule has 0 bridgehead atoms. The Kier molecular flexibility index (Phi) is 15.6. The van der Waals surface area contributed by atoms with Crippen LogP contribution >= 0.6 is 11.6 Å². The van der Waals surface area contributed by atoms with Crippen LogP contribution in [0.3, 0.4) is 0 Å². The van der Waals surface area contributed by atoms with E-state index < -0.39 is 53.2 Å². The molecule has 4 N–H and O–H groups in total. The number of nitrogens with one attached hydrogen (secondary N) is 3. The van der Waals surface area contributed by atoms with E-state index in [0.717, 1.165) is 4.90 Å². The van der Waals surface area contributed by atoms with Crippen molar-refractivity contribution in [3.05, 3.63) is 82.4 Å². The third-order valence-corrected chi connectivity index (χ3v) is 12.6. The first-order valence-electron chi connectivity index (χ1n) is 22.0. The monoisotopic (exact) mass is 947 g/mol. The molecule has 4 heterocycles. The van der Waals surface area contributed by atoms with Crippen LogP contribution in [0.25, 0.3) is 16.5 Å². The predicted octanol–water partition coefficient (Wildman–Crippen LogP) is 3.56. The van der Waals surface area contributed by atoms with E-state index in [1.165, 1.54) is 29.2 Å². The number of anilines is 3. The van der Waals surface area contributed by atoms with Crippen LogP contribution in [-0.2, 0) is 28.7 Å². The van der Waals surface area contributed by atoms with Gasteiger partial charge in [-0.05, 0) is 42.7 Å². The van der Waals surface area contributed by atoms with Gasteiger partial charge in [0.25, 0.3) is 11.8 Å². The van der Waals surface area contributed by atoms with E-state index >= 15 is 8.78 Å². The molecule has 0 saturated carbocycles. The minimum absolute atomic E-state index is 0.0186. The highest BCUT2D eigenvalue weighted by molar-refractivity contribution is 6.33. The van der Waals surface area contributed by atoms with E-state index in [4.69, 9.17) is 26.1 Å². The van der Waals surface area contributed by atoms with Crippen molar-refractivity contribution in [3.8, 4) is 0 Å². The molecule has 356 valence electrons. The van der Waals surface area contributed by atoms with Gasteiger partial charge in [-0.2, -0.15) is 4.98 Å². The van der Waals surface area contributed by atoms with Gasteiger partial charge in [-0.3, -0.25) is 39.0 Å². The number of hydrogen-bond donors (Lipinski definition) is 4.